The highest BCUT2D eigenvalue weighted by molar-refractivity contribution is 5.68. The number of ether oxygens (including phenoxy) is 1. The first kappa shape index (κ1) is 28.5. The van der Waals surface area contributed by atoms with Gasteiger partial charge in [0.2, 0.25) is 0 Å². The maximum absolute atomic E-state index is 14.3. The molecule has 4 aromatic rings. The molecule has 10 heteroatoms. The first-order chi connectivity index (χ1) is 19.7. The maximum atomic E-state index is 14.3. The molecule has 5 rings (SSSR count). The van der Waals surface area contributed by atoms with Gasteiger partial charge in [0.25, 0.3) is 0 Å². The number of aryl methyl sites for hydroxylation is 2. The van der Waals surface area contributed by atoms with Gasteiger partial charge in [-0.3, -0.25) is 9.80 Å². The molecule has 2 heterocycles. The Morgan fingerprint density at radius 2 is 1.54 bits per heavy atom. The Labute approximate surface area is 237 Å². The molecule has 0 amide bonds. The van der Waals surface area contributed by atoms with Crippen molar-refractivity contribution in [2.45, 2.75) is 26.6 Å². The van der Waals surface area contributed by atoms with Gasteiger partial charge in [0.05, 0.1) is 18.4 Å². The number of tetrazole rings is 1. The third-order valence-electron chi connectivity index (χ3n) is 7.45. The Balaban J connectivity index is 1.34. The van der Waals surface area contributed by atoms with Crippen molar-refractivity contribution in [3.8, 4) is 22.8 Å². The van der Waals surface area contributed by atoms with Crippen molar-refractivity contribution < 1.29 is 17.9 Å². The third-order valence-corrected chi connectivity index (χ3v) is 7.45. The second-order valence-electron chi connectivity index (χ2n) is 10.2. The van der Waals surface area contributed by atoms with Gasteiger partial charge >= 0.3 is 6.18 Å². The lowest BCUT2D eigenvalue weighted by Gasteiger charge is -2.34. The monoisotopic (exact) mass is 562 g/mol. The van der Waals surface area contributed by atoms with E-state index in [2.05, 4.69) is 37.5 Å². The highest BCUT2D eigenvalue weighted by atomic mass is 19.4. The molecule has 1 aliphatic heterocycles. The summed E-state index contributed by atoms with van der Waals surface area (Å²) < 4.78 is 49.6. The molecule has 214 valence electrons. The van der Waals surface area contributed by atoms with Crippen LogP contribution in [0.25, 0.3) is 23.2 Å². The first-order valence-corrected chi connectivity index (χ1v) is 13.5. The van der Waals surface area contributed by atoms with Crippen LogP contribution in [0.3, 0.4) is 0 Å². The summed E-state index contributed by atoms with van der Waals surface area (Å²) in [6.07, 6.45) is -0.339. The van der Waals surface area contributed by atoms with Crippen molar-refractivity contribution in [3.63, 3.8) is 0 Å². The summed E-state index contributed by atoms with van der Waals surface area (Å²) in [6, 6.07) is 17.9. The van der Waals surface area contributed by atoms with E-state index in [1.165, 1.54) is 10.7 Å². The number of rotatable bonds is 8. The lowest BCUT2D eigenvalue weighted by molar-refractivity contribution is -0.137. The summed E-state index contributed by atoms with van der Waals surface area (Å²) >= 11 is 0. The number of benzene rings is 3. The molecule has 0 bridgehead atoms. The molecule has 1 fully saturated rings. The number of alkyl halides is 3. The van der Waals surface area contributed by atoms with Crippen molar-refractivity contribution >= 4 is 6.08 Å². The molecule has 41 heavy (non-hydrogen) atoms. The van der Waals surface area contributed by atoms with Crippen LogP contribution in [0, 0.1) is 13.8 Å². The normalized spacial score (nSPS) is 15.1. The quantitative estimate of drug-likeness (QED) is 0.270. The lowest BCUT2D eigenvalue weighted by atomic mass is 9.98. The summed E-state index contributed by atoms with van der Waals surface area (Å²) in [5.41, 5.74) is 3.38. The Kier molecular flexibility index (Phi) is 8.51. The highest BCUT2D eigenvalue weighted by Gasteiger charge is 2.37. The van der Waals surface area contributed by atoms with Gasteiger partial charge < -0.3 is 4.74 Å². The number of halogens is 3. The Morgan fingerprint density at radius 3 is 2.20 bits per heavy atom. The predicted molar refractivity (Wildman–Crippen MR) is 153 cm³/mol. The van der Waals surface area contributed by atoms with E-state index in [-0.39, 0.29) is 11.4 Å². The van der Waals surface area contributed by atoms with Crippen molar-refractivity contribution in [1.82, 2.24) is 30.0 Å². The van der Waals surface area contributed by atoms with E-state index in [1.54, 1.807) is 13.2 Å². The summed E-state index contributed by atoms with van der Waals surface area (Å²) in [4.78, 5) is 4.53. The van der Waals surface area contributed by atoms with Crippen molar-refractivity contribution in [3.05, 3.63) is 94.6 Å². The van der Waals surface area contributed by atoms with Crippen LogP contribution in [0.5, 0.6) is 5.75 Å². The number of para-hydroxylation sites is 1. The van der Waals surface area contributed by atoms with Gasteiger partial charge in [0.1, 0.15) is 5.75 Å². The van der Waals surface area contributed by atoms with E-state index < -0.39 is 11.7 Å². The number of methoxy groups -OCH3 is 1. The Morgan fingerprint density at radius 1 is 0.878 bits per heavy atom. The third kappa shape index (κ3) is 6.49. The fourth-order valence-electron chi connectivity index (χ4n) is 5.29. The molecule has 7 nitrogen and oxygen atoms in total. The average Bonchev–Trinajstić information content (AvgIpc) is 3.43. The molecule has 0 atom stereocenters. The Hall–Kier alpha value is -4.02. The zero-order valence-corrected chi connectivity index (χ0v) is 23.4. The molecule has 0 spiro atoms. The summed E-state index contributed by atoms with van der Waals surface area (Å²) in [6.45, 7) is 8.10. The van der Waals surface area contributed by atoms with Gasteiger partial charge in [-0.1, -0.05) is 54.6 Å². The van der Waals surface area contributed by atoms with Crippen LogP contribution >= 0.6 is 0 Å². The van der Waals surface area contributed by atoms with Crippen LogP contribution in [0.15, 0.2) is 66.7 Å². The Bertz CT molecular complexity index is 1490. The topological polar surface area (TPSA) is 59.3 Å². The van der Waals surface area contributed by atoms with Crippen LogP contribution in [0.4, 0.5) is 13.2 Å². The van der Waals surface area contributed by atoms with Crippen LogP contribution in [-0.2, 0) is 12.7 Å². The lowest BCUT2D eigenvalue weighted by Crippen LogP contribution is -2.45. The minimum atomic E-state index is -4.56. The number of aromatic nitrogens is 4. The molecule has 1 aliphatic rings. The summed E-state index contributed by atoms with van der Waals surface area (Å²) in [5.74, 6) is 0.914. The smallest absolute Gasteiger partial charge is 0.417 e. The minimum absolute atomic E-state index is 0.0255. The van der Waals surface area contributed by atoms with Gasteiger partial charge in [0.15, 0.2) is 5.82 Å². The molecule has 0 aliphatic carbocycles. The van der Waals surface area contributed by atoms with E-state index in [1.807, 2.05) is 56.3 Å². The largest absolute Gasteiger partial charge is 0.497 e. The zero-order chi connectivity index (χ0) is 29.0. The zero-order valence-electron chi connectivity index (χ0n) is 23.4. The fraction of sp³-hybridized carbons (Fsp3) is 0.323. The van der Waals surface area contributed by atoms with Crippen LogP contribution in [-0.4, -0.2) is 69.8 Å². The number of piperazine rings is 1. The first-order valence-electron chi connectivity index (χ1n) is 13.5. The number of hydrogen-bond donors (Lipinski definition) is 0. The van der Waals surface area contributed by atoms with Crippen LogP contribution < -0.4 is 4.74 Å². The van der Waals surface area contributed by atoms with Gasteiger partial charge in [-0.15, -0.1) is 5.10 Å². The van der Waals surface area contributed by atoms with Crippen LogP contribution in [0.1, 0.15) is 27.8 Å². The summed E-state index contributed by atoms with van der Waals surface area (Å²) in [5, 5.41) is 12.0. The fourth-order valence-corrected chi connectivity index (χ4v) is 5.29. The summed E-state index contributed by atoms with van der Waals surface area (Å²) in [7, 11) is 1.65. The van der Waals surface area contributed by atoms with E-state index in [9.17, 15) is 13.2 Å². The van der Waals surface area contributed by atoms with Gasteiger partial charge in [-0.05, 0) is 64.7 Å². The average molecular weight is 563 g/mol. The van der Waals surface area contributed by atoms with Crippen molar-refractivity contribution in [2.75, 3.05) is 39.8 Å². The van der Waals surface area contributed by atoms with Crippen molar-refractivity contribution in [1.29, 1.82) is 0 Å². The van der Waals surface area contributed by atoms with Crippen LogP contribution in [0.2, 0.25) is 0 Å². The maximum Gasteiger partial charge on any atom is 0.417 e. The molecule has 1 saturated heterocycles. The highest BCUT2D eigenvalue weighted by Crippen LogP contribution is 2.39. The van der Waals surface area contributed by atoms with E-state index in [0.717, 1.165) is 61.2 Å². The molecule has 0 radical (unpaired) electrons. The second-order valence-corrected chi connectivity index (χ2v) is 10.2. The van der Waals surface area contributed by atoms with Gasteiger partial charge in [-0.2, -0.15) is 17.9 Å². The SMILES string of the molecule is COc1ccc(C=CCN2CCN(Cc3cccc(C(F)(F)F)c3-c3nnnn3-c3c(C)cccc3C)CC2)cc1. The standard InChI is InChI=1S/C31H33F3N6O/c1-22-7-4-8-23(2)29(22)40-30(35-36-37-40)28-25(10-5-11-27(28)31(32,33)34)21-39-19-17-38(18-20-39)16-6-9-24-12-14-26(41-3)15-13-24/h4-15H,16-21H2,1-3H3. The van der Waals surface area contributed by atoms with Gasteiger partial charge in [0, 0.05) is 44.8 Å². The molecule has 0 N–H and O–H groups in total. The molecule has 3 aromatic carbocycles. The predicted octanol–water partition coefficient (Wildman–Crippen LogP) is 5.80. The second kappa shape index (κ2) is 12.2. The minimum Gasteiger partial charge on any atom is -0.497 e. The van der Waals surface area contributed by atoms with Gasteiger partial charge in [-0.25, -0.2) is 0 Å². The number of hydrogen-bond acceptors (Lipinski definition) is 6. The molecular weight excluding hydrogens is 529 g/mol. The van der Waals surface area contributed by atoms with Crippen molar-refractivity contribution in [2.24, 2.45) is 0 Å². The molecular formula is C31H33F3N6O. The van der Waals surface area contributed by atoms with E-state index >= 15 is 0 Å². The number of nitrogens with zero attached hydrogens (tertiary/aromatic N) is 6. The molecule has 1 aromatic heterocycles. The molecule has 0 saturated carbocycles. The van der Waals surface area contributed by atoms with E-state index in [4.69, 9.17) is 4.74 Å². The molecule has 0 unspecified atom stereocenters. The van der Waals surface area contributed by atoms with E-state index in [0.29, 0.717) is 17.8 Å².